The lowest BCUT2D eigenvalue weighted by molar-refractivity contribution is -0.121. The van der Waals surface area contributed by atoms with Gasteiger partial charge in [-0.2, -0.15) is 0 Å². The minimum absolute atomic E-state index is 0.0353. The molecule has 0 saturated carbocycles. The van der Waals surface area contributed by atoms with Crippen LogP contribution in [0.25, 0.3) is 0 Å². The molecule has 0 aromatic carbocycles. The summed E-state index contributed by atoms with van der Waals surface area (Å²) in [5.74, 6) is 0.493. The van der Waals surface area contributed by atoms with E-state index in [1.807, 2.05) is 20.8 Å². The van der Waals surface area contributed by atoms with Crippen LogP contribution in [0.1, 0.15) is 34.6 Å². The largest absolute Gasteiger partial charge is 0.377 e. The van der Waals surface area contributed by atoms with E-state index in [4.69, 9.17) is 4.74 Å². The summed E-state index contributed by atoms with van der Waals surface area (Å²) in [6.07, 6.45) is 0. The van der Waals surface area contributed by atoms with Crippen molar-refractivity contribution in [2.24, 2.45) is 5.92 Å². The van der Waals surface area contributed by atoms with Crippen LogP contribution >= 0.6 is 0 Å². The Morgan fingerprint density at radius 2 is 1.88 bits per heavy atom. The van der Waals surface area contributed by atoms with Gasteiger partial charge in [-0.15, -0.1) is 0 Å². The highest BCUT2D eigenvalue weighted by Crippen LogP contribution is 2.04. The summed E-state index contributed by atoms with van der Waals surface area (Å²) in [6.45, 7) is 11.2. The van der Waals surface area contributed by atoms with Crippen molar-refractivity contribution in [3.8, 4) is 0 Å². The van der Waals surface area contributed by atoms with Gasteiger partial charge >= 0.3 is 0 Å². The van der Waals surface area contributed by atoms with Gasteiger partial charge in [0.2, 0.25) is 5.91 Å². The highest BCUT2D eigenvalue weighted by molar-refractivity contribution is 5.78. The van der Waals surface area contributed by atoms with Crippen LogP contribution in [0.4, 0.5) is 0 Å². The average molecular weight is 230 g/mol. The molecule has 0 rings (SSSR count). The average Bonchev–Trinajstić information content (AvgIpc) is 2.17. The summed E-state index contributed by atoms with van der Waals surface area (Å²) in [5.41, 5.74) is -0.232. The molecule has 0 saturated heterocycles. The first-order valence-electron chi connectivity index (χ1n) is 5.83. The highest BCUT2D eigenvalue weighted by atomic mass is 16.5. The van der Waals surface area contributed by atoms with E-state index in [1.165, 1.54) is 0 Å². The first-order valence-corrected chi connectivity index (χ1v) is 5.83. The van der Waals surface area contributed by atoms with Crippen molar-refractivity contribution >= 4 is 5.91 Å². The third kappa shape index (κ3) is 6.80. The zero-order chi connectivity index (χ0) is 12.8. The van der Waals surface area contributed by atoms with Crippen LogP contribution in [-0.2, 0) is 9.53 Å². The number of carbonyl (C=O) groups excluding carboxylic acids is 1. The van der Waals surface area contributed by atoms with Gasteiger partial charge in [0.15, 0.2) is 0 Å². The van der Waals surface area contributed by atoms with Crippen LogP contribution < -0.4 is 10.6 Å². The van der Waals surface area contributed by atoms with Crippen LogP contribution in [0.2, 0.25) is 0 Å². The predicted molar refractivity (Wildman–Crippen MR) is 66.4 cm³/mol. The number of methoxy groups -OCH3 is 1. The van der Waals surface area contributed by atoms with E-state index in [9.17, 15) is 4.79 Å². The molecule has 0 aliphatic rings. The quantitative estimate of drug-likeness (QED) is 0.690. The Labute approximate surface area is 99.1 Å². The third-order valence-electron chi connectivity index (χ3n) is 2.78. The van der Waals surface area contributed by atoms with Gasteiger partial charge < -0.3 is 15.4 Å². The molecule has 0 aliphatic heterocycles. The van der Waals surface area contributed by atoms with Crippen molar-refractivity contribution in [2.45, 2.75) is 46.3 Å². The summed E-state index contributed by atoms with van der Waals surface area (Å²) in [4.78, 5) is 11.5. The van der Waals surface area contributed by atoms with E-state index >= 15 is 0 Å². The van der Waals surface area contributed by atoms with Crippen molar-refractivity contribution < 1.29 is 9.53 Å². The second-order valence-electron chi connectivity index (χ2n) is 5.17. The Kier molecular flexibility index (Phi) is 6.60. The Morgan fingerprint density at radius 3 is 2.31 bits per heavy atom. The molecule has 0 aromatic rings. The van der Waals surface area contributed by atoms with Gasteiger partial charge in [0.05, 0.1) is 12.1 Å². The lowest BCUT2D eigenvalue weighted by Crippen LogP contribution is -2.44. The molecule has 2 N–H and O–H groups in total. The molecule has 0 aromatic heterocycles. The molecular formula is C12H26N2O2. The Balaban J connectivity index is 3.75. The van der Waals surface area contributed by atoms with E-state index in [0.29, 0.717) is 19.0 Å². The van der Waals surface area contributed by atoms with Crippen molar-refractivity contribution in [3.63, 3.8) is 0 Å². The molecule has 1 unspecified atom stereocenters. The fourth-order valence-electron chi connectivity index (χ4n) is 1.02. The number of nitrogens with one attached hydrogen (secondary N) is 2. The molecule has 96 valence electrons. The molecule has 4 heteroatoms. The molecule has 0 heterocycles. The summed E-state index contributed by atoms with van der Waals surface area (Å²) in [5, 5.41) is 6.02. The standard InChI is InChI=1S/C12H26N2O2/c1-9(2)10(3)14-11(15)7-13-8-12(4,5)16-6/h9-10,13H,7-8H2,1-6H3,(H,14,15). The summed E-state index contributed by atoms with van der Waals surface area (Å²) >= 11 is 0. The van der Waals surface area contributed by atoms with Crippen LogP contribution in [0.15, 0.2) is 0 Å². The fourth-order valence-corrected chi connectivity index (χ4v) is 1.02. The van der Waals surface area contributed by atoms with E-state index in [2.05, 4.69) is 24.5 Å². The summed E-state index contributed by atoms with van der Waals surface area (Å²) in [6, 6.07) is 0.213. The molecule has 1 atom stereocenters. The SMILES string of the molecule is COC(C)(C)CNCC(=O)NC(C)C(C)C. The normalized spacial score (nSPS) is 13.9. The maximum atomic E-state index is 11.5. The number of carbonyl (C=O) groups is 1. The lowest BCUT2D eigenvalue weighted by Gasteiger charge is -2.23. The van der Waals surface area contributed by atoms with Gasteiger partial charge in [-0.25, -0.2) is 0 Å². The molecule has 0 aliphatic carbocycles. The van der Waals surface area contributed by atoms with Gasteiger partial charge in [0.1, 0.15) is 0 Å². The Bertz CT molecular complexity index is 215. The number of rotatable bonds is 7. The third-order valence-corrected chi connectivity index (χ3v) is 2.78. The van der Waals surface area contributed by atoms with Crippen LogP contribution in [-0.4, -0.2) is 37.7 Å². The second kappa shape index (κ2) is 6.86. The zero-order valence-corrected chi connectivity index (χ0v) is 11.4. The molecule has 0 fully saturated rings. The van der Waals surface area contributed by atoms with Gasteiger partial charge in [0.25, 0.3) is 0 Å². The van der Waals surface area contributed by atoms with E-state index in [0.717, 1.165) is 0 Å². The Morgan fingerprint density at radius 1 is 1.31 bits per heavy atom. The predicted octanol–water partition coefficient (Wildman–Crippen LogP) is 1.16. The van der Waals surface area contributed by atoms with Crippen molar-refractivity contribution in [1.29, 1.82) is 0 Å². The summed E-state index contributed by atoms with van der Waals surface area (Å²) in [7, 11) is 1.67. The fraction of sp³-hybridized carbons (Fsp3) is 0.917. The number of ether oxygens (including phenoxy) is 1. The monoisotopic (exact) mass is 230 g/mol. The van der Waals surface area contributed by atoms with Gasteiger partial charge in [-0.3, -0.25) is 4.79 Å². The molecule has 1 amide bonds. The maximum absolute atomic E-state index is 11.5. The van der Waals surface area contributed by atoms with E-state index in [1.54, 1.807) is 7.11 Å². The van der Waals surface area contributed by atoms with Gasteiger partial charge in [0, 0.05) is 19.7 Å². The molecule has 16 heavy (non-hydrogen) atoms. The van der Waals surface area contributed by atoms with Crippen LogP contribution in [0, 0.1) is 5.92 Å². The zero-order valence-electron chi connectivity index (χ0n) is 11.4. The molecule has 0 radical (unpaired) electrons. The smallest absolute Gasteiger partial charge is 0.234 e. The van der Waals surface area contributed by atoms with Crippen LogP contribution in [0.3, 0.4) is 0 Å². The molecule has 4 nitrogen and oxygen atoms in total. The number of hydrogen-bond acceptors (Lipinski definition) is 3. The topological polar surface area (TPSA) is 50.4 Å². The second-order valence-corrected chi connectivity index (χ2v) is 5.17. The minimum Gasteiger partial charge on any atom is -0.377 e. The van der Waals surface area contributed by atoms with E-state index in [-0.39, 0.29) is 17.6 Å². The lowest BCUT2D eigenvalue weighted by atomic mass is 10.1. The first-order chi connectivity index (χ1) is 7.28. The Hall–Kier alpha value is -0.610. The van der Waals surface area contributed by atoms with Crippen molar-refractivity contribution in [3.05, 3.63) is 0 Å². The van der Waals surface area contributed by atoms with Gasteiger partial charge in [-0.05, 0) is 26.7 Å². The molecule has 0 spiro atoms. The van der Waals surface area contributed by atoms with E-state index < -0.39 is 0 Å². The molecular weight excluding hydrogens is 204 g/mol. The first kappa shape index (κ1) is 15.4. The van der Waals surface area contributed by atoms with Gasteiger partial charge in [-0.1, -0.05) is 13.8 Å². The van der Waals surface area contributed by atoms with Crippen molar-refractivity contribution in [2.75, 3.05) is 20.2 Å². The highest BCUT2D eigenvalue weighted by Gasteiger charge is 2.16. The minimum atomic E-state index is -0.232. The number of hydrogen-bond donors (Lipinski definition) is 2. The molecule has 0 bridgehead atoms. The maximum Gasteiger partial charge on any atom is 0.234 e. The van der Waals surface area contributed by atoms with Crippen LogP contribution in [0.5, 0.6) is 0 Å². The summed E-state index contributed by atoms with van der Waals surface area (Å²) < 4.78 is 5.24. The number of amides is 1. The van der Waals surface area contributed by atoms with Crippen molar-refractivity contribution in [1.82, 2.24) is 10.6 Å².